The molecule has 144 valence electrons. The van der Waals surface area contributed by atoms with Crippen LogP contribution in [0.5, 0.6) is 11.5 Å². The van der Waals surface area contributed by atoms with Gasteiger partial charge in [-0.1, -0.05) is 17.7 Å². The summed E-state index contributed by atoms with van der Waals surface area (Å²) < 4.78 is 15.9. The molecule has 3 rings (SSSR count). The number of nitro groups is 1. The minimum atomic E-state index is -0.689. The van der Waals surface area contributed by atoms with E-state index in [1.807, 2.05) is 6.92 Å². The van der Waals surface area contributed by atoms with Crippen LogP contribution in [-0.2, 0) is 9.53 Å². The molecule has 0 fully saturated rings. The van der Waals surface area contributed by atoms with E-state index in [-0.39, 0.29) is 27.9 Å². The third-order valence-electron chi connectivity index (χ3n) is 3.80. The second-order valence-corrected chi connectivity index (χ2v) is 6.01. The number of cyclic esters (lactones) is 1. The van der Waals surface area contributed by atoms with Gasteiger partial charge in [0.05, 0.1) is 29.2 Å². The molecule has 0 aromatic heterocycles. The predicted octanol–water partition coefficient (Wildman–Crippen LogP) is 4.00. The molecule has 1 aliphatic heterocycles. The first-order valence-electron chi connectivity index (χ1n) is 8.20. The standard InChI is InChI=1S/C19H15ClN2O6/c1-3-27-16-7-4-11(9-17(16)26-2)8-15-19(23)28-18(21-15)13-10-12(22(24)25)5-6-14(13)20/h4-10H,3H2,1-2H3. The van der Waals surface area contributed by atoms with Gasteiger partial charge in [0.25, 0.3) is 5.69 Å². The average molecular weight is 403 g/mol. The number of esters is 1. The number of rotatable bonds is 6. The van der Waals surface area contributed by atoms with Crippen molar-refractivity contribution in [2.45, 2.75) is 6.92 Å². The van der Waals surface area contributed by atoms with Gasteiger partial charge in [0.2, 0.25) is 5.90 Å². The smallest absolute Gasteiger partial charge is 0.363 e. The van der Waals surface area contributed by atoms with E-state index in [0.29, 0.717) is 23.7 Å². The van der Waals surface area contributed by atoms with E-state index in [1.54, 1.807) is 18.2 Å². The van der Waals surface area contributed by atoms with Crippen LogP contribution in [0.3, 0.4) is 0 Å². The van der Waals surface area contributed by atoms with Crippen molar-refractivity contribution in [3.8, 4) is 11.5 Å². The Balaban J connectivity index is 1.96. The molecule has 0 radical (unpaired) electrons. The molecule has 0 spiro atoms. The molecule has 0 saturated carbocycles. The highest BCUT2D eigenvalue weighted by Crippen LogP contribution is 2.30. The summed E-state index contributed by atoms with van der Waals surface area (Å²) in [4.78, 5) is 26.7. The minimum Gasteiger partial charge on any atom is -0.493 e. The van der Waals surface area contributed by atoms with Crippen molar-refractivity contribution >= 4 is 35.2 Å². The maximum absolute atomic E-state index is 12.2. The van der Waals surface area contributed by atoms with Gasteiger partial charge >= 0.3 is 5.97 Å². The molecule has 1 heterocycles. The maximum Gasteiger partial charge on any atom is 0.363 e. The van der Waals surface area contributed by atoms with E-state index >= 15 is 0 Å². The third kappa shape index (κ3) is 3.96. The molecule has 0 bridgehead atoms. The SMILES string of the molecule is CCOc1ccc(C=C2N=C(c3cc([N+](=O)[O-])ccc3Cl)OC2=O)cc1OC. The van der Waals surface area contributed by atoms with E-state index in [1.165, 1.54) is 31.4 Å². The van der Waals surface area contributed by atoms with Crippen molar-refractivity contribution in [3.05, 3.63) is 68.4 Å². The van der Waals surface area contributed by atoms with Gasteiger partial charge < -0.3 is 14.2 Å². The highest BCUT2D eigenvalue weighted by atomic mass is 35.5. The Labute approximate surface area is 165 Å². The summed E-state index contributed by atoms with van der Waals surface area (Å²) in [6.07, 6.45) is 1.51. The minimum absolute atomic E-state index is 0.0313. The Morgan fingerprint density at radius 2 is 2.04 bits per heavy atom. The van der Waals surface area contributed by atoms with Gasteiger partial charge in [-0.25, -0.2) is 9.79 Å². The molecule has 28 heavy (non-hydrogen) atoms. The van der Waals surface area contributed by atoms with Gasteiger partial charge in [0.1, 0.15) is 0 Å². The summed E-state index contributed by atoms with van der Waals surface area (Å²) in [5.41, 5.74) is 0.648. The molecule has 0 amide bonds. The molecule has 9 heteroatoms. The van der Waals surface area contributed by atoms with E-state index in [2.05, 4.69) is 4.99 Å². The summed E-state index contributed by atoms with van der Waals surface area (Å²) in [6.45, 7) is 2.35. The number of carbonyl (C=O) groups excluding carboxylic acids is 1. The fourth-order valence-corrected chi connectivity index (χ4v) is 2.72. The first-order valence-corrected chi connectivity index (χ1v) is 8.58. The summed E-state index contributed by atoms with van der Waals surface area (Å²) in [5.74, 6) is 0.301. The number of nitro benzene ring substituents is 1. The fourth-order valence-electron chi connectivity index (χ4n) is 2.52. The zero-order valence-corrected chi connectivity index (χ0v) is 15.7. The Kier molecular flexibility index (Phi) is 5.60. The highest BCUT2D eigenvalue weighted by Gasteiger charge is 2.27. The first kappa shape index (κ1) is 19.4. The normalized spacial score (nSPS) is 14.6. The van der Waals surface area contributed by atoms with Crippen molar-refractivity contribution in [1.82, 2.24) is 0 Å². The van der Waals surface area contributed by atoms with Crippen LogP contribution in [0.2, 0.25) is 5.02 Å². The molecule has 0 unspecified atom stereocenters. The number of halogens is 1. The molecule has 0 N–H and O–H groups in total. The molecule has 2 aromatic carbocycles. The number of benzene rings is 2. The summed E-state index contributed by atoms with van der Waals surface area (Å²) in [6, 6.07) is 8.96. The molecule has 0 atom stereocenters. The number of carbonyl (C=O) groups is 1. The lowest BCUT2D eigenvalue weighted by Gasteiger charge is -2.09. The van der Waals surface area contributed by atoms with E-state index < -0.39 is 10.9 Å². The van der Waals surface area contributed by atoms with Crippen LogP contribution in [0.4, 0.5) is 5.69 Å². The van der Waals surface area contributed by atoms with Crippen molar-refractivity contribution < 1.29 is 23.9 Å². The Bertz CT molecular complexity index is 1020. The van der Waals surface area contributed by atoms with Crippen molar-refractivity contribution in [2.24, 2.45) is 4.99 Å². The molecule has 1 aliphatic rings. The summed E-state index contributed by atoms with van der Waals surface area (Å²) in [5, 5.41) is 11.1. The predicted molar refractivity (Wildman–Crippen MR) is 103 cm³/mol. The Morgan fingerprint density at radius 3 is 2.71 bits per heavy atom. The van der Waals surface area contributed by atoms with Crippen LogP contribution in [-0.4, -0.2) is 30.5 Å². The van der Waals surface area contributed by atoms with Crippen LogP contribution < -0.4 is 9.47 Å². The summed E-state index contributed by atoms with van der Waals surface area (Å²) >= 11 is 6.08. The van der Waals surface area contributed by atoms with Crippen LogP contribution in [0, 0.1) is 10.1 Å². The zero-order chi connectivity index (χ0) is 20.3. The number of hydrogen-bond acceptors (Lipinski definition) is 7. The number of hydrogen-bond donors (Lipinski definition) is 0. The van der Waals surface area contributed by atoms with Crippen LogP contribution in [0.1, 0.15) is 18.1 Å². The van der Waals surface area contributed by atoms with Gasteiger partial charge in [-0.15, -0.1) is 0 Å². The number of ether oxygens (including phenoxy) is 3. The van der Waals surface area contributed by atoms with Crippen molar-refractivity contribution in [2.75, 3.05) is 13.7 Å². The Hall–Kier alpha value is -3.39. The number of non-ortho nitro benzene ring substituents is 1. The van der Waals surface area contributed by atoms with Gasteiger partial charge in [-0.3, -0.25) is 10.1 Å². The molecule has 0 saturated heterocycles. The highest BCUT2D eigenvalue weighted by molar-refractivity contribution is 6.34. The average Bonchev–Trinajstić information content (AvgIpc) is 3.03. The lowest BCUT2D eigenvalue weighted by atomic mass is 10.1. The topological polar surface area (TPSA) is 100 Å². The molecular formula is C19H15ClN2O6. The van der Waals surface area contributed by atoms with Gasteiger partial charge in [0, 0.05) is 12.1 Å². The Morgan fingerprint density at radius 1 is 1.25 bits per heavy atom. The van der Waals surface area contributed by atoms with E-state index in [0.717, 1.165) is 0 Å². The van der Waals surface area contributed by atoms with Crippen molar-refractivity contribution in [3.63, 3.8) is 0 Å². The molecule has 0 aliphatic carbocycles. The quantitative estimate of drug-likeness (QED) is 0.313. The zero-order valence-electron chi connectivity index (χ0n) is 15.0. The number of nitrogens with zero attached hydrogens (tertiary/aromatic N) is 2. The van der Waals surface area contributed by atoms with Crippen LogP contribution in [0.25, 0.3) is 6.08 Å². The largest absolute Gasteiger partial charge is 0.493 e. The fraction of sp³-hybridized carbons (Fsp3) is 0.158. The van der Waals surface area contributed by atoms with Crippen LogP contribution >= 0.6 is 11.6 Å². The van der Waals surface area contributed by atoms with E-state index in [9.17, 15) is 14.9 Å². The number of aliphatic imine (C=N–C) groups is 1. The molecule has 8 nitrogen and oxygen atoms in total. The van der Waals surface area contributed by atoms with Crippen LogP contribution in [0.15, 0.2) is 47.1 Å². The lowest BCUT2D eigenvalue weighted by molar-refractivity contribution is -0.384. The van der Waals surface area contributed by atoms with Gasteiger partial charge in [-0.2, -0.15) is 0 Å². The monoisotopic (exact) mass is 402 g/mol. The first-order chi connectivity index (χ1) is 13.4. The van der Waals surface area contributed by atoms with Crippen molar-refractivity contribution in [1.29, 1.82) is 0 Å². The van der Waals surface area contributed by atoms with Gasteiger partial charge in [-0.05, 0) is 36.8 Å². The second-order valence-electron chi connectivity index (χ2n) is 5.60. The molecular weight excluding hydrogens is 388 g/mol. The number of methoxy groups -OCH3 is 1. The van der Waals surface area contributed by atoms with E-state index in [4.69, 9.17) is 25.8 Å². The second kappa shape index (κ2) is 8.10. The summed E-state index contributed by atoms with van der Waals surface area (Å²) in [7, 11) is 1.51. The van der Waals surface area contributed by atoms with Gasteiger partial charge in [0.15, 0.2) is 17.2 Å². The lowest BCUT2D eigenvalue weighted by Crippen LogP contribution is -2.06. The maximum atomic E-state index is 12.2. The molecule has 2 aromatic rings. The third-order valence-corrected chi connectivity index (χ3v) is 4.13.